The highest BCUT2D eigenvalue weighted by Gasteiger charge is 2.25. The maximum absolute atomic E-state index is 14.8. The summed E-state index contributed by atoms with van der Waals surface area (Å²) in [7, 11) is 1.47. The van der Waals surface area contributed by atoms with Crippen molar-refractivity contribution in [3.8, 4) is 23.1 Å². The number of phenolic OH excluding ortho intramolecular Hbond substituents is 1. The summed E-state index contributed by atoms with van der Waals surface area (Å²) in [5.41, 5.74) is 0.569. The highest BCUT2D eigenvalue weighted by atomic mass is 32.2. The van der Waals surface area contributed by atoms with Crippen LogP contribution in [0.25, 0.3) is 33.0 Å². The summed E-state index contributed by atoms with van der Waals surface area (Å²) in [6.07, 6.45) is 0. The van der Waals surface area contributed by atoms with E-state index >= 15 is 0 Å². The van der Waals surface area contributed by atoms with Crippen molar-refractivity contribution >= 4 is 39.3 Å². The zero-order valence-corrected chi connectivity index (χ0v) is 18.3. The summed E-state index contributed by atoms with van der Waals surface area (Å²) in [5.74, 6) is 1.92. The second kappa shape index (κ2) is 7.98. The van der Waals surface area contributed by atoms with Crippen LogP contribution in [0.4, 0.5) is 10.2 Å². The first-order valence-electron chi connectivity index (χ1n) is 10.1. The SMILES string of the molecule is COc1nc(N2CCSCC2)c2c(=O)oc(-c3cc(O)cc4cccc(F)c34)c(C)c2n1. The molecule has 32 heavy (non-hydrogen) atoms. The summed E-state index contributed by atoms with van der Waals surface area (Å²) >= 11 is 1.84. The molecule has 1 N–H and O–H groups in total. The van der Waals surface area contributed by atoms with Crippen molar-refractivity contribution in [1.82, 2.24) is 9.97 Å². The zero-order valence-electron chi connectivity index (χ0n) is 17.5. The van der Waals surface area contributed by atoms with Crippen LogP contribution in [-0.2, 0) is 0 Å². The Morgan fingerprint density at radius 3 is 2.72 bits per heavy atom. The summed E-state index contributed by atoms with van der Waals surface area (Å²) in [4.78, 5) is 24.1. The van der Waals surface area contributed by atoms with E-state index in [-0.39, 0.29) is 33.9 Å². The van der Waals surface area contributed by atoms with E-state index in [0.29, 0.717) is 22.3 Å². The van der Waals surface area contributed by atoms with E-state index in [1.807, 2.05) is 16.7 Å². The quantitative estimate of drug-likeness (QED) is 0.496. The fourth-order valence-corrected chi connectivity index (χ4v) is 5.02. The predicted octanol–water partition coefficient (Wildman–Crippen LogP) is 4.12. The number of anilines is 1. The van der Waals surface area contributed by atoms with Gasteiger partial charge in [-0.05, 0) is 30.5 Å². The molecule has 3 heterocycles. The molecule has 5 rings (SSSR count). The highest BCUT2D eigenvalue weighted by molar-refractivity contribution is 7.99. The average molecular weight is 453 g/mol. The first kappa shape index (κ1) is 20.6. The number of fused-ring (bicyclic) bond motifs is 2. The van der Waals surface area contributed by atoms with Gasteiger partial charge in [-0.2, -0.15) is 21.7 Å². The Labute approximate surface area is 186 Å². The number of aromatic hydroxyl groups is 1. The van der Waals surface area contributed by atoms with Crippen LogP contribution in [0, 0.1) is 12.7 Å². The van der Waals surface area contributed by atoms with Gasteiger partial charge in [-0.1, -0.05) is 12.1 Å². The van der Waals surface area contributed by atoms with Crippen molar-refractivity contribution in [2.24, 2.45) is 0 Å². The third kappa shape index (κ3) is 3.33. The molecule has 0 aliphatic carbocycles. The van der Waals surface area contributed by atoms with Crippen LogP contribution in [0.2, 0.25) is 0 Å². The standard InChI is InChI=1S/C23H20FN3O4S/c1-12-19-18(21(26-23(25-19)30-2)27-6-8-32-9-7-27)22(29)31-20(12)15-11-14(28)10-13-4-3-5-16(24)17(13)15/h3-5,10-11,28H,6-9H2,1-2H3. The van der Waals surface area contributed by atoms with E-state index in [9.17, 15) is 14.3 Å². The summed E-state index contributed by atoms with van der Waals surface area (Å²) < 4.78 is 25.8. The average Bonchev–Trinajstić information content (AvgIpc) is 2.80. The minimum absolute atomic E-state index is 0.0629. The maximum atomic E-state index is 14.8. The minimum Gasteiger partial charge on any atom is -0.508 e. The lowest BCUT2D eigenvalue weighted by Crippen LogP contribution is -2.34. The Bertz CT molecular complexity index is 1420. The van der Waals surface area contributed by atoms with Gasteiger partial charge in [0.25, 0.3) is 0 Å². The van der Waals surface area contributed by atoms with Crippen LogP contribution in [0.1, 0.15) is 5.56 Å². The summed E-state index contributed by atoms with van der Waals surface area (Å²) in [6, 6.07) is 7.57. The molecule has 4 aromatic rings. The molecule has 9 heteroatoms. The van der Waals surface area contributed by atoms with E-state index in [1.165, 1.54) is 25.3 Å². The van der Waals surface area contributed by atoms with Crippen LogP contribution in [-0.4, -0.2) is 46.8 Å². The lowest BCUT2D eigenvalue weighted by atomic mass is 9.98. The number of halogens is 1. The Balaban J connectivity index is 1.84. The molecule has 0 atom stereocenters. The van der Waals surface area contributed by atoms with Crippen molar-refractivity contribution in [1.29, 1.82) is 0 Å². The van der Waals surface area contributed by atoms with E-state index in [2.05, 4.69) is 9.97 Å². The molecule has 0 amide bonds. The van der Waals surface area contributed by atoms with Crippen molar-refractivity contribution in [3.05, 3.63) is 52.1 Å². The molecular formula is C23H20FN3O4S. The van der Waals surface area contributed by atoms with Crippen molar-refractivity contribution in [3.63, 3.8) is 0 Å². The van der Waals surface area contributed by atoms with Gasteiger partial charge in [0.1, 0.15) is 22.7 Å². The number of aryl methyl sites for hydroxylation is 1. The van der Waals surface area contributed by atoms with E-state index in [0.717, 1.165) is 24.6 Å². The molecule has 0 bridgehead atoms. The van der Waals surface area contributed by atoms with Crippen LogP contribution >= 0.6 is 11.8 Å². The number of benzene rings is 2. The molecule has 2 aromatic heterocycles. The molecule has 7 nitrogen and oxygen atoms in total. The minimum atomic E-state index is -0.621. The fourth-order valence-electron chi connectivity index (χ4n) is 4.11. The van der Waals surface area contributed by atoms with Crippen molar-refractivity contribution in [2.45, 2.75) is 6.92 Å². The second-order valence-corrected chi connectivity index (χ2v) is 8.76. The first-order chi connectivity index (χ1) is 15.5. The number of ether oxygens (including phenoxy) is 1. The number of phenols is 1. The van der Waals surface area contributed by atoms with Gasteiger partial charge in [0.05, 0.1) is 12.6 Å². The third-order valence-electron chi connectivity index (χ3n) is 5.61. The van der Waals surface area contributed by atoms with Gasteiger partial charge in [-0.15, -0.1) is 0 Å². The molecule has 1 aliphatic rings. The number of nitrogens with zero attached hydrogens (tertiary/aromatic N) is 3. The van der Waals surface area contributed by atoms with Crippen LogP contribution in [0.5, 0.6) is 11.8 Å². The molecule has 1 aliphatic heterocycles. The van der Waals surface area contributed by atoms with Crippen molar-refractivity contribution < 1.29 is 18.7 Å². The molecular weight excluding hydrogens is 433 g/mol. The Kier molecular flexibility index (Phi) is 5.13. The van der Waals surface area contributed by atoms with Gasteiger partial charge in [0.15, 0.2) is 5.82 Å². The largest absolute Gasteiger partial charge is 0.508 e. The van der Waals surface area contributed by atoms with Gasteiger partial charge < -0.3 is 19.2 Å². The number of methoxy groups -OCH3 is 1. The molecule has 0 saturated carbocycles. The number of thioether (sulfide) groups is 1. The van der Waals surface area contributed by atoms with E-state index < -0.39 is 11.4 Å². The fraction of sp³-hybridized carbons (Fsp3) is 0.261. The second-order valence-electron chi connectivity index (χ2n) is 7.53. The Hall–Kier alpha value is -3.33. The summed E-state index contributed by atoms with van der Waals surface area (Å²) in [6.45, 7) is 3.23. The Morgan fingerprint density at radius 2 is 1.97 bits per heavy atom. The van der Waals surface area contributed by atoms with Gasteiger partial charge >= 0.3 is 11.6 Å². The number of aromatic nitrogens is 2. The highest BCUT2D eigenvalue weighted by Crippen LogP contribution is 2.38. The van der Waals surface area contributed by atoms with Gasteiger partial charge in [0, 0.05) is 41.1 Å². The molecule has 0 spiro atoms. The molecule has 1 fully saturated rings. The smallest absolute Gasteiger partial charge is 0.349 e. The monoisotopic (exact) mass is 453 g/mol. The van der Waals surface area contributed by atoms with E-state index in [1.54, 1.807) is 19.1 Å². The van der Waals surface area contributed by atoms with Crippen LogP contribution in [0.15, 0.2) is 39.5 Å². The Morgan fingerprint density at radius 1 is 1.19 bits per heavy atom. The third-order valence-corrected chi connectivity index (χ3v) is 6.56. The molecule has 164 valence electrons. The molecule has 2 aromatic carbocycles. The topological polar surface area (TPSA) is 88.7 Å². The lowest BCUT2D eigenvalue weighted by Gasteiger charge is -2.28. The molecule has 0 radical (unpaired) electrons. The molecule has 1 saturated heterocycles. The number of rotatable bonds is 3. The van der Waals surface area contributed by atoms with Crippen LogP contribution in [0.3, 0.4) is 0 Å². The number of hydrogen-bond donors (Lipinski definition) is 1. The number of hydrogen-bond acceptors (Lipinski definition) is 8. The van der Waals surface area contributed by atoms with Crippen LogP contribution < -0.4 is 15.3 Å². The molecule has 0 unspecified atom stereocenters. The van der Waals surface area contributed by atoms with Crippen molar-refractivity contribution in [2.75, 3.05) is 36.6 Å². The maximum Gasteiger partial charge on any atom is 0.349 e. The predicted molar refractivity (Wildman–Crippen MR) is 123 cm³/mol. The summed E-state index contributed by atoms with van der Waals surface area (Å²) in [5, 5.41) is 11.3. The zero-order chi connectivity index (χ0) is 22.4. The van der Waals surface area contributed by atoms with Gasteiger partial charge in [-0.3, -0.25) is 0 Å². The first-order valence-corrected chi connectivity index (χ1v) is 11.3. The van der Waals surface area contributed by atoms with Gasteiger partial charge in [0.2, 0.25) is 0 Å². The lowest BCUT2D eigenvalue weighted by molar-refractivity contribution is 0.381. The van der Waals surface area contributed by atoms with Gasteiger partial charge in [-0.25, -0.2) is 9.18 Å². The normalized spacial score (nSPS) is 14.3. The van der Waals surface area contributed by atoms with E-state index in [4.69, 9.17) is 9.15 Å².